The van der Waals surface area contributed by atoms with Gasteiger partial charge in [-0.05, 0) is 111 Å². The van der Waals surface area contributed by atoms with Crippen LogP contribution in [-0.4, -0.2) is 86.6 Å². The van der Waals surface area contributed by atoms with Crippen LogP contribution in [0, 0.1) is 26.9 Å². The first-order valence-corrected chi connectivity index (χ1v) is 23.4. The van der Waals surface area contributed by atoms with Gasteiger partial charge in [0, 0.05) is 86.9 Å². The monoisotopic (exact) mass is 885 g/mol. The molecule has 2 aliphatic heterocycles. The minimum Gasteiger partial charge on any atom is -0.455 e. The van der Waals surface area contributed by atoms with Crippen LogP contribution in [0.15, 0.2) is 88.6 Å². The van der Waals surface area contributed by atoms with Gasteiger partial charge in [0.05, 0.1) is 21.6 Å². The second-order valence-corrected chi connectivity index (χ2v) is 20.6. The Morgan fingerprint density at radius 1 is 1.06 bits per heavy atom. The predicted molar refractivity (Wildman–Crippen MR) is 242 cm³/mol. The van der Waals surface area contributed by atoms with Gasteiger partial charge in [0.25, 0.3) is 21.6 Å². The number of rotatable bonds is 15. The predicted octanol–water partition coefficient (Wildman–Crippen LogP) is 9.16. The summed E-state index contributed by atoms with van der Waals surface area (Å²) in [6.07, 6.45) is 12.5. The molecule has 1 amide bonds. The molecule has 16 heteroatoms. The Hall–Kier alpha value is -4.96. The molecule has 2 saturated heterocycles. The molecular weight excluding hydrogens is 830 g/mol. The largest absolute Gasteiger partial charge is 0.455 e. The van der Waals surface area contributed by atoms with Crippen molar-refractivity contribution in [2.24, 2.45) is 16.7 Å². The molecule has 4 aliphatic rings. The summed E-state index contributed by atoms with van der Waals surface area (Å²) in [6, 6.07) is 12.4. The van der Waals surface area contributed by atoms with Crippen molar-refractivity contribution < 1.29 is 27.6 Å². The van der Waals surface area contributed by atoms with Gasteiger partial charge in [-0.25, -0.2) is 18.1 Å². The van der Waals surface area contributed by atoms with Gasteiger partial charge in [0.1, 0.15) is 22.8 Å². The topological polar surface area (TPSA) is 172 Å². The molecule has 3 N–H and O–H groups in total. The smallest absolute Gasteiger partial charge is 0.293 e. The van der Waals surface area contributed by atoms with E-state index >= 15 is 0 Å². The third-order valence-electron chi connectivity index (χ3n) is 13.2. The Bertz CT molecular complexity index is 2480. The number of halogens is 1. The van der Waals surface area contributed by atoms with E-state index in [1.165, 1.54) is 29.5 Å². The summed E-state index contributed by atoms with van der Waals surface area (Å²) in [7, 11) is -4.55. The number of hydrogen-bond acceptors (Lipinski definition) is 11. The number of ether oxygens (including phenoxy) is 2. The zero-order valence-corrected chi connectivity index (χ0v) is 37.1. The molecule has 2 aromatic carbocycles. The van der Waals surface area contributed by atoms with Crippen LogP contribution < -0.4 is 19.7 Å². The molecule has 2 aliphatic carbocycles. The number of fused-ring (bicyclic) bond motifs is 1. The van der Waals surface area contributed by atoms with Crippen molar-refractivity contribution in [3.63, 3.8) is 0 Å². The highest BCUT2D eigenvalue weighted by Crippen LogP contribution is 2.52. The second-order valence-electron chi connectivity index (χ2n) is 18.3. The number of hydrogen-bond donors (Lipinski definition) is 3. The van der Waals surface area contributed by atoms with E-state index in [-0.39, 0.29) is 28.1 Å². The van der Waals surface area contributed by atoms with E-state index in [0.717, 1.165) is 121 Å². The summed E-state index contributed by atoms with van der Waals surface area (Å²) < 4.78 is 41.4. The molecule has 0 atom stereocenters. The number of H-pyrrole nitrogens is 1. The van der Waals surface area contributed by atoms with Gasteiger partial charge in [0.2, 0.25) is 0 Å². The Morgan fingerprint density at radius 3 is 2.58 bits per heavy atom. The van der Waals surface area contributed by atoms with E-state index in [9.17, 15) is 23.3 Å². The molecule has 8 rings (SSSR count). The molecule has 0 unspecified atom stereocenters. The standard InChI is InChI=1S/C46H56ClN7O7S/c1-31(47)4-5-34-27-45(2,3)12-10-35(34)30-52-16-18-53(19-17-52)36-6-8-39(42(23-36)61-37-22-33-11-15-48-43(33)50-29-37)44(55)51-62(58,59)38-7-9-40(41(24-38)54(56)57)49-28-32-25-46(26-32)13-20-60-21-14-46/h6-9,11,15,22-24,29,32,49H,1,4-5,10,12-14,16-21,25-28,30H2,2-3H3,(H,48,50)(H,51,55). The summed E-state index contributed by atoms with van der Waals surface area (Å²) in [6.45, 7) is 14.7. The summed E-state index contributed by atoms with van der Waals surface area (Å²) in [5.74, 6) is -0.0836. The number of aromatic amines is 1. The fourth-order valence-corrected chi connectivity index (χ4v) is 10.8. The fraction of sp³-hybridized carbons (Fsp3) is 0.478. The van der Waals surface area contributed by atoms with E-state index in [1.807, 2.05) is 6.07 Å². The van der Waals surface area contributed by atoms with E-state index < -0.39 is 25.7 Å². The Balaban J connectivity index is 0.971. The zero-order chi connectivity index (χ0) is 43.6. The molecule has 14 nitrogen and oxygen atoms in total. The van der Waals surface area contributed by atoms with Crippen LogP contribution in [-0.2, 0) is 14.8 Å². The number of sulfonamides is 1. The van der Waals surface area contributed by atoms with Gasteiger partial charge in [-0.1, -0.05) is 43.2 Å². The number of nitrogens with zero attached hydrogens (tertiary/aromatic N) is 4. The van der Waals surface area contributed by atoms with Crippen molar-refractivity contribution in [3.8, 4) is 11.5 Å². The first-order chi connectivity index (χ1) is 29.6. The summed E-state index contributed by atoms with van der Waals surface area (Å²) in [5, 5.41) is 16.8. The second kappa shape index (κ2) is 18.0. The Labute approximate surface area is 368 Å². The molecule has 1 saturated carbocycles. The van der Waals surface area contributed by atoms with Crippen LogP contribution >= 0.6 is 11.6 Å². The maximum absolute atomic E-state index is 13.9. The lowest BCUT2D eigenvalue weighted by Gasteiger charge is -2.50. The number of aromatic nitrogens is 2. The number of amides is 1. The van der Waals surface area contributed by atoms with E-state index in [0.29, 0.717) is 34.3 Å². The van der Waals surface area contributed by atoms with Gasteiger partial charge >= 0.3 is 0 Å². The van der Waals surface area contributed by atoms with Crippen LogP contribution in [0.1, 0.15) is 82.0 Å². The maximum atomic E-state index is 13.9. The molecule has 0 bridgehead atoms. The highest BCUT2D eigenvalue weighted by atomic mass is 35.5. The average molecular weight is 887 g/mol. The molecule has 4 heterocycles. The number of piperazine rings is 1. The number of carbonyl (C=O) groups excluding carboxylic acids is 1. The summed E-state index contributed by atoms with van der Waals surface area (Å²) >= 11 is 6.17. The van der Waals surface area contributed by atoms with Gasteiger partial charge < -0.3 is 24.7 Å². The fourth-order valence-electron chi connectivity index (χ4n) is 9.71. The van der Waals surface area contributed by atoms with Gasteiger partial charge in [-0.2, -0.15) is 0 Å². The van der Waals surface area contributed by atoms with Crippen LogP contribution in [0.5, 0.6) is 11.5 Å². The molecule has 330 valence electrons. The van der Waals surface area contributed by atoms with Crippen molar-refractivity contribution >= 4 is 55.6 Å². The third kappa shape index (κ3) is 10.1. The van der Waals surface area contributed by atoms with Crippen molar-refractivity contribution in [2.75, 3.05) is 62.7 Å². The quantitative estimate of drug-likeness (QED) is 0.0591. The van der Waals surface area contributed by atoms with Crippen molar-refractivity contribution in [3.05, 3.63) is 99.4 Å². The first kappa shape index (κ1) is 43.7. The number of carbonyl (C=O) groups is 1. The third-order valence-corrected chi connectivity index (χ3v) is 14.8. The molecular formula is C46H56ClN7O7S. The lowest BCUT2D eigenvalue weighted by molar-refractivity contribution is -0.384. The van der Waals surface area contributed by atoms with Crippen LogP contribution in [0.4, 0.5) is 17.1 Å². The molecule has 62 heavy (non-hydrogen) atoms. The number of nitro benzene ring substituents is 1. The van der Waals surface area contributed by atoms with Gasteiger partial charge in [-0.3, -0.25) is 19.8 Å². The number of allylic oxidation sites excluding steroid dienone is 2. The minimum atomic E-state index is -4.55. The van der Waals surface area contributed by atoms with Crippen LogP contribution in [0.25, 0.3) is 11.0 Å². The lowest BCUT2D eigenvalue weighted by Crippen LogP contribution is -2.47. The first-order valence-electron chi connectivity index (χ1n) is 21.6. The maximum Gasteiger partial charge on any atom is 0.293 e. The zero-order valence-electron chi connectivity index (χ0n) is 35.5. The van der Waals surface area contributed by atoms with E-state index in [1.54, 1.807) is 30.5 Å². The van der Waals surface area contributed by atoms with Gasteiger partial charge in [-0.15, -0.1) is 0 Å². The number of anilines is 2. The number of benzene rings is 2. The summed E-state index contributed by atoms with van der Waals surface area (Å²) in [4.78, 5) is 37.3. The van der Waals surface area contributed by atoms with E-state index in [2.05, 4.69) is 50.2 Å². The Morgan fingerprint density at radius 2 is 1.84 bits per heavy atom. The van der Waals surface area contributed by atoms with Crippen molar-refractivity contribution in [1.82, 2.24) is 19.6 Å². The van der Waals surface area contributed by atoms with Gasteiger partial charge in [0.15, 0.2) is 0 Å². The van der Waals surface area contributed by atoms with Crippen LogP contribution in [0.3, 0.4) is 0 Å². The number of pyridine rings is 1. The molecule has 0 radical (unpaired) electrons. The highest BCUT2D eigenvalue weighted by Gasteiger charge is 2.44. The normalized spacial score (nSPS) is 19.3. The highest BCUT2D eigenvalue weighted by molar-refractivity contribution is 7.90. The summed E-state index contributed by atoms with van der Waals surface area (Å²) in [5.41, 5.74) is 4.89. The average Bonchev–Trinajstić information content (AvgIpc) is 3.70. The minimum absolute atomic E-state index is 0.0278. The molecule has 3 fully saturated rings. The van der Waals surface area contributed by atoms with Crippen molar-refractivity contribution in [2.45, 2.75) is 76.5 Å². The lowest BCUT2D eigenvalue weighted by atomic mass is 9.58. The number of nitrogens with one attached hydrogen (secondary N) is 3. The van der Waals surface area contributed by atoms with Crippen molar-refractivity contribution in [1.29, 1.82) is 0 Å². The molecule has 4 aromatic rings. The number of nitro groups is 1. The van der Waals surface area contributed by atoms with E-state index in [4.69, 9.17) is 21.1 Å². The van der Waals surface area contributed by atoms with Crippen LogP contribution in [0.2, 0.25) is 0 Å². The molecule has 1 spiro atoms. The SMILES string of the molecule is C=C(Cl)CCC1=C(CN2CCN(c3ccc(C(=O)NS(=O)(=O)c4ccc(NCC5CC6(CCOCC6)C5)c([N+](=O)[O-])c4)c(Oc4cnc5[nH]ccc5c4)c3)CC2)CCC(C)(C)C1. The Kier molecular flexibility index (Phi) is 12.7. The molecule has 2 aromatic heterocycles.